The van der Waals surface area contributed by atoms with Crippen molar-refractivity contribution in [3.05, 3.63) is 54.1 Å². The predicted octanol–water partition coefficient (Wildman–Crippen LogP) is 2.37. The van der Waals surface area contributed by atoms with Gasteiger partial charge in [-0.05, 0) is 30.3 Å². The molecule has 0 saturated heterocycles. The van der Waals surface area contributed by atoms with E-state index in [2.05, 4.69) is 0 Å². The zero-order valence-corrected chi connectivity index (χ0v) is 12.3. The van der Waals surface area contributed by atoms with Crippen molar-refractivity contribution in [1.29, 1.82) is 0 Å². The molecule has 0 spiro atoms. The summed E-state index contributed by atoms with van der Waals surface area (Å²) < 4.78 is 29.3. The van der Waals surface area contributed by atoms with Gasteiger partial charge < -0.3 is 10.5 Å². The lowest BCUT2D eigenvalue weighted by atomic mass is 10.2. The van der Waals surface area contributed by atoms with Crippen LogP contribution >= 0.6 is 0 Å². The molecule has 110 valence electrons. The Hall–Kier alpha value is -2.34. The van der Waals surface area contributed by atoms with Gasteiger partial charge in [0.15, 0.2) is 9.84 Å². The predicted molar refractivity (Wildman–Crippen MR) is 79.2 cm³/mol. The number of primary amides is 1. The summed E-state index contributed by atoms with van der Waals surface area (Å²) in [7, 11) is -3.41. The lowest BCUT2D eigenvalue weighted by Gasteiger charge is -2.11. The van der Waals surface area contributed by atoms with Gasteiger partial charge in [-0.25, -0.2) is 8.42 Å². The molecule has 2 aromatic rings. The van der Waals surface area contributed by atoms with Crippen molar-refractivity contribution in [1.82, 2.24) is 0 Å². The maximum Gasteiger partial charge on any atom is 0.252 e. The van der Waals surface area contributed by atoms with E-state index in [9.17, 15) is 13.2 Å². The molecule has 0 aromatic heterocycles. The summed E-state index contributed by atoms with van der Waals surface area (Å²) in [6.45, 7) is 1.54. The van der Waals surface area contributed by atoms with E-state index in [4.69, 9.17) is 10.5 Å². The molecule has 0 heterocycles. The molecule has 0 aliphatic carbocycles. The Morgan fingerprint density at radius 2 is 1.81 bits per heavy atom. The standard InChI is InChI=1S/C15H15NO4S/c1-2-21(18,19)12-8-9-14(13(10-12)15(16)17)20-11-6-4-3-5-7-11/h3-10H,2H2,1H3,(H2,16,17). The van der Waals surface area contributed by atoms with Crippen LogP contribution in [0.4, 0.5) is 0 Å². The molecule has 0 aliphatic rings. The third-order valence-corrected chi connectivity index (χ3v) is 4.66. The summed E-state index contributed by atoms with van der Waals surface area (Å²) in [5.74, 6) is -0.0340. The van der Waals surface area contributed by atoms with Crippen LogP contribution in [-0.4, -0.2) is 20.1 Å². The first-order chi connectivity index (χ1) is 9.94. The van der Waals surface area contributed by atoms with Crippen LogP contribution < -0.4 is 10.5 Å². The van der Waals surface area contributed by atoms with Crippen molar-refractivity contribution < 1.29 is 17.9 Å². The number of nitrogens with two attached hydrogens (primary N) is 1. The zero-order valence-electron chi connectivity index (χ0n) is 11.4. The second-order valence-electron chi connectivity index (χ2n) is 4.34. The monoisotopic (exact) mass is 305 g/mol. The summed E-state index contributed by atoms with van der Waals surface area (Å²) in [6.07, 6.45) is 0. The summed E-state index contributed by atoms with van der Waals surface area (Å²) in [6, 6.07) is 12.9. The number of benzene rings is 2. The fourth-order valence-corrected chi connectivity index (χ4v) is 2.67. The van der Waals surface area contributed by atoms with E-state index < -0.39 is 15.7 Å². The molecule has 2 aromatic carbocycles. The number of rotatable bonds is 5. The van der Waals surface area contributed by atoms with Crippen molar-refractivity contribution in [3.63, 3.8) is 0 Å². The first-order valence-corrected chi connectivity index (χ1v) is 7.99. The van der Waals surface area contributed by atoms with Gasteiger partial charge in [-0.2, -0.15) is 0 Å². The minimum absolute atomic E-state index is 0.0355. The van der Waals surface area contributed by atoms with Gasteiger partial charge in [-0.15, -0.1) is 0 Å². The molecule has 0 unspecified atom stereocenters. The first kappa shape index (κ1) is 15.1. The van der Waals surface area contributed by atoms with E-state index in [0.717, 1.165) is 0 Å². The van der Waals surface area contributed by atoms with E-state index in [1.165, 1.54) is 25.1 Å². The van der Waals surface area contributed by atoms with Crippen LogP contribution in [-0.2, 0) is 9.84 Å². The maximum atomic E-state index is 11.9. The molecule has 21 heavy (non-hydrogen) atoms. The number of sulfone groups is 1. The lowest BCUT2D eigenvalue weighted by Crippen LogP contribution is -2.14. The molecule has 0 atom stereocenters. The number of carbonyl (C=O) groups is 1. The van der Waals surface area contributed by atoms with Crippen LogP contribution in [0.1, 0.15) is 17.3 Å². The van der Waals surface area contributed by atoms with Crippen LogP contribution in [0.15, 0.2) is 53.4 Å². The van der Waals surface area contributed by atoms with Crippen molar-refractivity contribution in [2.45, 2.75) is 11.8 Å². The second kappa shape index (κ2) is 5.97. The maximum absolute atomic E-state index is 11.9. The molecule has 0 radical (unpaired) electrons. The van der Waals surface area contributed by atoms with E-state index in [-0.39, 0.29) is 22.0 Å². The summed E-state index contributed by atoms with van der Waals surface area (Å²) in [5.41, 5.74) is 5.34. The van der Waals surface area contributed by atoms with Gasteiger partial charge in [-0.3, -0.25) is 4.79 Å². The molecule has 0 aliphatic heterocycles. The van der Waals surface area contributed by atoms with Crippen LogP contribution in [0.3, 0.4) is 0 Å². The summed E-state index contributed by atoms with van der Waals surface area (Å²) in [4.78, 5) is 11.6. The number of amides is 1. The molecular formula is C15H15NO4S. The Morgan fingerprint density at radius 1 is 1.14 bits per heavy atom. The highest BCUT2D eigenvalue weighted by molar-refractivity contribution is 7.91. The highest BCUT2D eigenvalue weighted by Crippen LogP contribution is 2.27. The van der Waals surface area contributed by atoms with Gasteiger partial charge in [0.25, 0.3) is 5.91 Å². The summed E-state index contributed by atoms with van der Waals surface area (Å²) >= 11 is 0. The average Bonchev–Trinajstić information content (AvgIpc) is 2.48. The molecule has 0 bridgehead atoms. The third kappa shape index (κ3) is 3.41. The van der Waals surface area contributed by atoms with Gasteiger partial charge in [-0.1, -0.05) is 25.1 Å². The Balaban J connectivity index is 2.46. The average molecular weight is 305 g/mol. The fraction of sp³-hybridized carbons (Fsp3) is 0.133. The van der Waals surface area contributed by atoms with Crippen LogP contribution in [0, 0.1) is 0 Å². The first-order valence-electron chi connectivity index (χ1n) is 6.33. The van der Waals surface area contributed by atoms with Crippen molar-refractivity contribution >= 4 is 15.7 Å². The van der Waals surface area contributed by atoms with Gasteiger partial charge in [0.1, 0.15) is 11.5 Å². The lowest BCUT2D eigenvalue weighted by molar-refractivity contribution is 0.0998. The van der Waals surface area contributed by atoms with E-state index in [1.807, 2.05) is 6.07 Å². The summed E-state index contributed by atoms with van der Waals surface area (Å²) in [5, 5.41) is 0. The zero-order chi connectivity index (χ0) is 15.5. The van der Waals surface area contributed by atoms with Gasteiger partial charge in [0, 0.05) is 0 Å². The number of hydrogen-bond donors (Lipinski definition) is 1. The number of ether oxygens (including phenoxy) is 1. The van der Waals surface area contributed by atoms with E-state index >= 15 is 0 Å². The van der Waals surface area contributed by atoms with Crippen molar-refractivity contribution in [2.24, 2.45) is 5.73 Å². The minimum atomic E-state index is -3.41. The fourth-order valence-electron chi connectivity index (χ4n) is 1.77. The quantitative estimate of drug-likeness (QED) is 0.918. The van der Waals surface area contributed by atoms with Gasteiger partial charge >= 0.3 is 0 Å². The topological polar surface area (TPSA) is 86.5 Å². The largest absolute Gasteiger partial charge is 0.457 e. The van der Waals surface area contributed by atoms with Crippen LogP contribution in [0.5, 0.6) is 11.5 Å². The number of carbonyl (C=O) groups excluding carboxylic acids is 1. The van der Waals surface area contributed by atoms with E-state index in [0.29, 0.717) is 5.75 Å². The Bertz CT molecular complexity index is 754. The highest BCUT2D eigenvalue weighted by atomic mass is 32.2. The molecule has 2 rings (SSSR count). The van der Waals surface area contributed by atoms with E-state index in [1.54, 1.807) is 24.3 Å². The minimum Gasteiger partial charge on any atom is -0.457 e. The second-order valence-corrected chi connectivity index (χ2v) is 6.62. The van der Waals surface area contributed by atoms with Crippen molar-refractivity contribution in [3.8, 4) is 11.5 Å². The van der Waals surface area contributed by atoms with Gasteiger partial charge in [0.2, 0.25) is 0 Å². The molecular weight excluding hydrogens is 290 g/mol. The molecule has 0 saturated carbocycles. The third-order valence-electron chi connectivity index (χ3n) is 2.93. The normalized spacial score (nSPS) is 11.1. The van der Waals surface area contributed by atoms with Crippen molar-refractivity contribution in [2.75, 3.05) is 5.75 Å². The Labute approximate surface area is 123 Å². The van der Waals surface area contributed by atoms with Crippen LogP contribution in [0.2, 0.25) is 0 Å². The van der Waals surface area contributed by atoms with Crippen LogP contribution in [0.25, 0.3) is 0 Å². The molecule has 5 nitrogen and oxygen atoms in total. The Kier molecular flexibility index (Phi) is 4.28. The highest BCUT2D eigenvalue weighted by Gasteiger charge is 2.17. The smallest absolute Gasteiger partial charge is 0.252 e. The number of para-hydroxylation sites is 1. The SMILES string of the molecule is CCS(=O)(=O)c1ccc(Oc2ccccc2)c(C(N)=O)c1. The Morgan fingerprint density at radius 3 is 2.38 bits per heavy atom. The molecule has 1 amide bonds. The van der Waals surface area contributed by atoms with Gasteiger partial charge in [0.05, 0.1) is 16.2 Å². The number of hydrogen-bond acceptors (Lipinski definition) is 4. The molecule has 6 heteroatoms. The molecule has 2 N–H and O–H groups in total. The molecule has 0 fully saturated rings.